The Balaban J connectivity index is 3.03. The van der Waals surface area contributed by atoms with Gasteiger partial charge in [-0.3, -0.25) is 0 Å². The third-order valence-corrected chi connectivity index (χ3v) is 4.25. The van der Waals surface area contributed by atoms with Crippen molar-refractivity contribution in [2.24, 2.45) is 5.73 Å². The molecule has 1 rings (SSSR count). The van der Waals surface area contributed by atoms with E-state index < -0.39 is 10.0 Å². The van der Waals surface area contributed by atoms with Gasteiger partial charge in [-0.15, -0.1) is 0 Å². The van der Waals surface area contributed by atoms with Gasteiger partial charge in [-0.2, -0.15) is 0 Å². The Labute approximate surface area is 103 Å². The Morgan fingerprint density at radius 3 is 2.53 bits per heavy atom. The maximum Gasteiger partial charge on any atom is 0.240 e. The smallest absolute Gasteiger partial charge is 0.240 e. The van der Waals surface area contributed by atoms with Crippen molar-refractivity contribution < 1.29 is 8.42 Å². The van der Waals surface area contributed by atoms with E-state index in [-0.39, 0.29) is 17.0 Å². The monoisotopic (exact) mass is 256 g/mol. The molecule has 0 aliphatic rings. The van der Waals surface area contributed by atoms with Gasteiger partial charge in [0.25, 0.3) is 0 Å². The summed E-state index contributed by atoms with van der Waals surface area (Å²) in [7, 11) is -3.43. The molecule has 1 aromatic carbocycles. The molecule has 0 heterocycles. The zero-order chi connectivity index (χ0) is 13.1. The summed E-state index contributed by atoms with van der Waals surface area (Å²) in [6.07, 6.45) is 0.756. The molecule has 0 bridgehead atoms. The van der Waals surface area contributed by atoms with Crippen molar-refractivity contribution in [3.05, 3.63) is 29.8 Å². The van der Waals surface area contributed by atoms with Gasteiger partial charge in [0.05, 0.1) is 4.90 Å². The van der Waals surface area contributed by atoms with Crippen LogP contribution in [0.15, 0.2) is 29.2 Å². The molecule has 5 heteroatoms. The van der Waals surface area contributed by atoms with Crippen LogP contribution in [0.25, 0.3) is 0 Å². The maximum atomic E-state index is 12.0. The molecule has 0 aliphatic heterocycles. The normalized spacial score (nSPS) is 15.5. The fourth-order valence-corrected chi connectivity index (χ4v) is 2.76. The Hall–Kier alpha value is -0.910. The second-order valence-electron chi connectivity index (χ2n) is 4.29. The van der Waals surface area contributed by atoms with E-state index in [9.17, 15) is 8.42 Å². The molecule has 0 amide bonds. The van der Waals surface area contributed by atoms with Crippen LogP contribution >= 0.6 is 0 Å². The van der Waals surface area contributed by atoms with E-state index in [1.54, 1.807) is 18.2 Å². The lowest BCUT2D eigenvalue weighted by molar-refractivity contribution is 0.555. The van der Waals surface area contributed by atoms with Crippen LogP contribution in [0.3, 0.4) is 0 Å². The van der Waals surface area contributed by atoms with E-state index in [1.165, 1.54) is 0 Å². The first kappa shape index (κ1) is 14.2. The van der Waals surface area contributed by atoms with Crippen LogP contribution in [0.1, 0.15) is 38.8 Å². The zero-order valence-corrected chi connectivity index (χ0v) is 11.3. The second-order valence-corrected chi connectivity index (χ2v) is 6.01. The average Bonchev–Trinajstić information content (AvgIpc) is 2.28. The minimum absolute atomic E-state index is 0.0704. The summed E-state index contributed by atoms with van der Waals surface area (Å²) in [5.41, 5.74) is 6.55. The predicted molar refractivity (Wildman–Crippen MR) is 69.1 cm³/mol. The molecule has 3 N–H and O–H groups in total. The standard InChI is InChI=1S/C12H20N2O2S/c1-4-9(2)14-17(15,16)12-7-5-6-11(8-12)10(3)13/h5-10,14H,4,13H2,1-3H3. The van der Waals surface area contributed by atoms with Gasteiger partial charge in [-0.25, -0.2) is 13.1 Å². The third kappa shape index (κ3) is 3.80. The number of benzene rings is 1. The molecular formula is C12H20N2O2S. The molecule has 4 nitrogen and oxygen atoms in total. The topological polar surface area (TPSA) is 72.2 Å². The minimum Gasteiger partial charge on any atom is -0.324 e. The molecule has 2 unspecified atom stereocenters. The number of sulfonamides is 1. The molecule has 0 aliphatic carbocycles. The van der Waals surface area contributed by atoms with E-state index in [4.69, 9.17) is 5.73 Å². The van der Waals surface area contributed by atoms with Crippen molar-refractivity contribution in [1.29, 1.82) is 0 Å². The van der Waals surface area contributed by atoms with Gasteiger partial charge in [0.1, 0.15) is 0 Å². The first-order valence-electron chi connectivity index (χ1n) is 5.74. The van der Waals surface area contributed by atoms with E-state index in [2.05, 4.69) is 4.72 Å². The molecule has 0 aromatic heterocycles. The summed E-state index contributed by atoms with van der Waals surface area (Å²) in [6.45, 7) is 5.60. The molecule has 0 fully saturated rings. The van der Waals surface area contributed by atoms with Gasteiger partial charge >= 0.3 is 0 Å². The molecule has 0 saturated heterocycles. The van der Waals surface area contributed by atoms with Gasteiger partial charge < -0.3 is 5.73 Å². The summed E-state index contributed by atoms with van der Waals surface area (Å²) >= 11 is 0. The highest BCUT2D eigenvalue weighted by molar-refractivity contribution is 7.89. The molecule has 1 aromatic rings. The first-order valence-corrected chi connectivity index (χ1v) is 7.23. The summed E-state index contributed by atoms with van der Waals surface area (Å²) in [5.74, 6) is 0. The number of rotatable bonds is 5. The highest BCUT2D eigenvalue weighted by atomic mass is 32.2. The molecule has 0 radical (unpaired) electrons. The Bertz CT molecular complexity index is 469. The summed E-state index contributed by atoms with van der Waals surface area (Å²) in [6, 6.07) is 6.50. The van der Waals surface area contributed by atoms with E-state index in [0.717, 1.165) is 12.0 Å². The number of hydrogen-bond donors (Lipinski definition) is 2. The van der Waals surface area contributed by atoms with E-state index in [1.807, 2.05) is 26.8 Å². The lowest BCUT2D eigenvalue weighted by Crippen LogP contribution is -2.32. The fraction of sp³-hybridized carbons (Fsp3) is 0.500. The summed E-state index contributed by atoms with van der Waals surface area (Å²) in [4.78, 5) is 0.271. The van der Waals surface area contributed by atoms with Crippen LogP contribution in [0, 0.1) is 0 Å². The minimum atomic E-state index is -3.43. The molecule has 17 heavy (non-hydrogen) atoms. The largest absolute Gasteiger partial charge is 0.324 e. The second kappa shape index (κ2) is 5.62. The van der Waals surface area contributed by atoms with Crippen LogP contribution in [0.5, 0.6) is 0 Å². The van der Waals surface area contributed by atoms with E-state index in [0.29, 0.717) is 0 Å². The van der Waals surface area contributed by atoms with Crippen LogP contribution < -0.4 is 10.5 Å². The van der Waals surface area contributed by atoms with Crippen molar-refractivity contribution in [2.45, 2.75) is 44.2 Å². The summed E-state index contributed by atoms with van der Waals surface area (Å²) < 4.78 is 26.7. The lowest BCUT2D eigenvalue weighted by atomic mass is 10.1. The number of nitrogens with two attached hydrogens (primary N) is 1. The molecule has 96 valence electrons. The van der Waals surface area contributed by atoms with Crippen molar-refractivity contribution in [1.82, 2.24) is 4.72 Å². The third-order valence-electron chi connectivity index (χ3n) is 2.66. The van der Waals surface area contributed by atoms with Crippen molar-refractivity contribution >= 4 is 10.0 Å². The Morgan fingerprint density at radius 2 is 2.00 bits per heavy atom. The zero-order valence-electron chi connectivity index (χ0n) is 10.5. The van der Waals surface area contributed by atoms with Crippen molar-refractivity contribution in [3.63, 3.8) is 0 Å². The van der Waals surface area contributed by atoms with Gasteiger partial charge in [0.15, 0.2) is 0 Å². The maximum absolute atomic E-state index is 12.0. The van der Waals surface area contributed by atoms with Crippen molar-refractivity contribution in [3.8, 4) is 0 Å². The highest BCUT2D eigenvalue weighted by Gasteiger charge is 2.17. The quantitative estimate of drug-likeness (QED) is 0.843. The molecule has 0 saturated carbocycles. The van der Waals surface area contributed by atoms with E-state index >= 15 is 0 Å². The SMILES string of the molecule is CCC(C)NS(=O)(=O)c1cccc(C(C)N)c1. The Kier molecular flexibility index (Phi) is 4.68. The van der Waals surface area contributed by atoms with Gasteiger partial charge in [0, 0.05) is 12.1 Å². The van der Waals surface area contributed by atoms with Crippen LogP contribution in [-0.2, 0) is 10.0 Å². The highest BCUT2D eigenvalue weighted by Crippen LogP contribution is 2.16. The van der Waals surface area contributed by atoms with Gasteiger partial charge in [-0.05, 0) is 38.0 Å². The van der Waals surface area contributed by atoms with Gasteiger partial charge in [-0.1, -0.05) is 19.1 Å². The van der Waals surface area contributed by atoms with Crippen LogP contribution in [-0.4, -0.2) is 14.5 Å². The number of hydrogen-bond acceptors (Lipinski definition) is 3. The molecule has 2 atom stereocenters. The fourth-order valence-electron chi connectivity index (χ4n) is 1.38. The number of nitrogens with one attached hydrogen (secondary N) is 1. The summed E-state index contributed by atoms with van der Waals surface area (Å²) in [5, 5.41) is 0. The molecule has 0 spiro atoms. The first-order chi connectivity index (χ1) is 7.86. The lowest BCUT2D eigenvalue weighted by Gasteiger charge is -2.13. The Morgan fingerprint density at radius 1 is 1.35 bits per heavy atom. The predicted octanol–water partition coefficient (Wildman–Crippen LogP) is 1.78. The average molecular weight is 256 g/mol. The molecular weight excluding hydrogens is 236 g/mol. The van der Waals surface area contributed by atoms with Crippen LogP contribution in [0.4, 0.5) is 0 Å². The van der Waals surface area contributed by atoms with Gasteiger partial charge in [0.2, 0.25) is 10.0 Å². The van der Waals surface area contributed by atoms with Crippen LogP contribution in [0.2, 0.25) is 0 Å². The van der Waals surface area contributed by atoms with Crippen molar-refractivity contribution in [2.75, 3.05) is 0 Å².